The fourth-order valence-electron chi connectivity index (χ4n) is 1.73. The molecule has 2 rings (SSSR count). The number of aliphatic imine (C=N–C) groups is 2. The number of isocyanates is 2. The summed E-state index contributed by atoms with van der Waals surface area (Å²) >= 11 is 5.48. The summed E-state index contributed by atoms with van der Waals surface area (Å²) in [5.41, 5.74) is 0.195. The Morgan fingerprint density at radius 3 is 1.67 bits per heavy atom. The standard InChI is InChI=1S/C9H4ClF4NO2.C9H5F4NO2/c10-6-3-5(15-4-16)1-2-7(6)17-9(13,14)8(11)12;10-8(11)9(12,13)16-7-3-1-6(2-4-7)14-5-15/h1-3,8H;1-4,8H. The quantitative estimate of drug-likeness (QED) is 0.236. The number of hydrogen-bond acceptors (Lipinski definition) is 6. The lowest BCUT2D eigenvalue weighted by Crippen LogP contribution is -2.33. The van der Waals surface area contributed by atoms with E-state index in [4.69, 9.17) is 11.6 Å². The van der Waals surface area contributed by atoms with E-state index >= 15 is 0 Å². The molecule has 0 radical (unpaired) electrons. The van der Waals surface area contributed by atoms with Crippen LogP contribution in [0, 0.1) is 0 Å². The summed E-state index contributed by atoms with van der Waals surface area (Å²) in [6.07, 6.45) is -14.6. The molecule has 15 heteroatoms. The summed E-state index contributed by atoms with van der Waals surface area (Å²) in [6.45, 7) is 0. The van der Waals surface area contributed by atoms with Gasteiger partial charge in [0.05, 0.1) is 16.4 Å². The molecule has 0 bridgehead atoms. The smallest absolute Gasteiger partial charge is 0.428 e. The van der Waals surface area contributed by atoms with Crippen LogP contribution in [0.2, 0.25) is 5.02 Å². The summed E-state index contributed by atoms with van der Waals surface area (Å²) in [6, 6.07) is 7.29. The van der Waals surface area contributed by atoms with Crippen LogP contribution in [0.25, 0.3) is 0 Å². The van der Waals surface area contributed by atoms with E-state index in [0.29, 0.717) is 0 Å². The summed E-state index contributed by atoms with van der Waals surface area (Å²) < 4.78 is 105. The number of hydrogen-bond donors (Lipinski definition) is 0. The maximum atomic E-state index is 12.5. The molecule has 0 saturated heterocycles. The average molecular weight is 505 g/mol. The Balaban J connectivity index is 0.000000331. The van der Waals surface area contributed by atoms with Gasteiger partial charge in [0.2, 0.25) is 12.2 Å². The first-order chi connectivity index (χ1) is 15.3. The summed E-state index contributed by atoms with van der Waals surface area (Å²) in [5.74, 6) is -1.09. The van der Waals surface area contributed by atoms with Crippen LogP contribution >= 0.6 is 11.6 Å². The van der Waals surface area contributed by atoms with Crippen LogP contribution < -0.4 is 9.47 Å². The second kappa shape index (κ2) is 12.0. The van der Waals surface area contributed by atoms with Gasteiger partial charge in [-0.2, -0.15) is 45.1 Å². The van der Waals surface area contributed by atoms with E-state index < -0.39 is 36.6 Å². The number of nitrogens with zero attached hydrogens (tertiary/aromatic N) is 2. The third-order valence-electron chi connectivity index (χ3n) is 3.11. The zero-order valence-electron chi connectivity index (χ0n) is 15.6. The first kappa shape index (κ1) is 27.6. The highest BCUT2D eigenvalue weighted by atomic mass is 35.5. The van der Waals surface area contributed by atoms with Crippen LogP contribution in [-0.4, -0.2) is 37.2 Å². The lowest BCUT2D eigenvalue weighted by atomic mass is 10.3. The highest BCUT2D eigenvalue weighted by molar-refractivity contribution is 6.32. The number of rotatable bonds is 8. The average Bonchev–Trinajstić information content (AvgIpc) is 2.72. The molecule has 0 unspecified atom stereocenters. The van der Waals surface area contributed by atoms with Gasteiger partial charge in [-0.1, -0.05) is 11.6 Å². The fourth-order valence-corrected chi connectivity index (χ4v) is 1.94. The second-order valence-electron chi connectivity index (χ2n) is 5.44. The van der Waals surface area contributed by atoms with Crippen molar-refractivity contribution in [3.63, 3.8) is 0 Å². The second-order valence-corrected chi connectivity index (χ2v) is 5.85. The van der Waals surface area contributed by atoms with Crippen molar-refractivity contribution in [3.05, 3.63) is 47.5 Å². The van der Waals surface area contributed by atoms with Crippen LogP contribution in [0.15, 0.2) is 52.4 Å². The van der Waals surface area contributed by atoms with E-state index in [1.165, 1.54) is 12.2 Å². The van der Waals surface area contributed by atoms with Crippen molar-refractivity contribution in [3.8, 4) is 11.5 Å². The molecule has 178 valence electrons. The Morgan fingerprint density at radius 1 is 0.758 bits per heavy atom. The Labute approximate surface area is 184 Å². The zero-order valence-corrected chi connectivity index (χ0v) is 16.4. The number of alkyl halides is 8. The number of ether oxygens (including phenoxy) is 2. The van der Waals surface area contributed by atoms with Gasteiger partial charge in [-0.05, 0) is 42.5 Å². The van der Waals surface area contributed by atoms with Crippen LogP contribution in [0.5, 0.6) is 11.5 Å². The minimum Gasteiger partial charge on any atom is -0.428 e. The molecule has 2 aromatic carbocycles. The van der Waals surface area contributed by atoms with Crippen molar-refractivity contribution in [2.24, 2.45) is 9.98 Å². The highest BCUT2D eigenvalue weighted by Gasteiger charge is 2.44. The largest absolute Gasteiger partial charge is 0.461 e. The van der Waals surface area contributed by atoms with E-state index in [2.05, 4.69) is 19.5 Å². The van der Waals surface area contributed by atoms with Crippen molar-refractivity contribution in [2.75, 3.05) is 0 Å². The van der Waals surface area contributed by atoms with Gasteiger partial charge in [-0.25, -0.2) is 9.59 Å². The van der Waals surface area contributed by atoms with E-state index in [1.807, 2.05) is 0 Å². The summed E-state index contributed by atoms with van der Waals surface area (Å²) in [5, 5.41) is -0.373. The Bertz CT molecular complexity index is 1020. The van der Waals surface area contributed by atoms with E-state index in [0.717, 1.165) is 42.5 Å². The third-order valence-corrected chi connectivity index (χ3v) is 3.41. The van der Waals surface area contributed by atoms with E-state index in [1.54, 1.807) is 0 Å². The molecule has 0 spiro atoms. The molecule has 0 fully saturated rings. The van der Waals surface area contributed by atoms with Gasteiger partial charge in [-0.3, -0.25) is 0 Å². The summed E-state index contributed by atoms with van der Waals surface area (Å²) in [7, 11) is 0. The minimum atomic E-state index is -4.64. The minimum absolute atomic E-state index is 0.0395. The summed E-state index contributed by atoms with van der Waals surface area (Å²) in [4.78, 5) is 26.1. The van der Waals surface area contributed by atoms with Gasteiger partial charge < -0.3 is 9.47 Å². The molecular weight excluding hydrogens is 496 g/mol. The van der Waals surface area contributed by atoms with Crippen molar-refractivity contribution >= 4 is 35.1 Å². The van der Waals surface area contributed by atoms with Gasteiger partial charge in [0.25, 0.3) is 0 Å². The molecule has 0 heterocycles. The lowest BCUT2D eigenvalue weighted by molar-refractivity contribution is -0.253. The Hall–Kier alpha value is -3.47. The molecule has 0 aromatic heterocycles. The van der Waals surface area contributed by atoms with Crippen molar-refractivity contribution < 1.29 is 54.2 Å². The molecule has 0 atom stereocenters. The monoisotopic (exact) mass is 504 g/mol. The zero-order chi connectivity index (χ0) is 25.2. The topological polar surface area (TPSA) is 77.3 Å². The molecule has 2 aromatic rings. The predicted octanol–water partition coefficient (Wildman–Crippen LogP) is 6.43. The normalized spacial score (nSPS) is 11.1. The van der Waals surface area contributed by atoms with Crippen LogP contribution in [0.3, 0.4) is 0 Å². The lowest BCUT2D eigenvalue weighted by Gasteiger charge is -2.17. The first-order valence-corrected chi connectivity index (χ1v) is 8.45. The molecule has 0 aliphatic carbocycles. The molecule has 0 N–H and O–H groups in total. The van der Waals surface area contributed by atoms with Gasteiger partial charge in [0.15, 0.2) is 0 Å². The SMILES string of the molecule is O=C=Nc1ccc(OC(F)(F)C(F)F)c(Cl)c1.O=C=Nc1ccc(OC(F)(F)C(F)F)cc1. The van der Waals surface area contributed by atoms with Crippen molar-refractivity contribution in [1.29, 1.82) is 0 Å². The molecular formula is C18H9ClF8N2O4. The predicted molar refractivity (Wildman–Crippen MR) is 96.6 cm³/mol. The number of carbonyl (C=O) groups excluding carboxylic acids is 2. The highest BCUT2D eigenvalue weighted by Crippen LogP contribution is 2.34. The van der Waals surface area contributed by atoms with Crippen LogP contribution in [0.4, 0.5) is 46.5 Å². The van der Waals surface area contributed by atoms with Crippen molar-refractivity contribution in [2.45, 2.75) is 25.1 Å². The molecule has 0 saturated carbocycles. The first-order valence-electron chi connectivity index (χ1n) is 8.07. The van der Waals surface area contributed by atoms with Gasteiger partial charge in [0, 0.05) is 0 Å². The van der Waals surface area contributed by atoms with E-state index in [-0.39, 0.29) is 16.4 Å². The maximum Gasteiger partial charge on any atom is 0.461 e. The van der Waals surface area contributed by atoms with Crippen molar-refractivity contribution in [1.82, 2.24) is 0 Å². The number of benzene rings is 2. The van der Waals surface area contributed by atoms with Gasteiger partial charge in [0.1, 0.15) is 11.5 Å². The van der Waals surface area contributed by atoms with Gasteiger partial charge >= 0.3 is 25.1 Å². The van der Waals surface area contributed by atoms with E-state index in [9.17, 15) is 44.7 Å². The Morgan fingerprint density at radius 2 is 1.21 bits per heavy atom. The van der Waals surface area contributed by atoms with Crippen LogP contribution in [0.1, 0.15) is 0 Å². The third kappa shape index (κ3) is 8.89. The molecule has 6 nitrogen and oxygen atoms in total. The Kier molecular flexibility index (Phi) is 9.99. The molecule has 0 aliphatic heterocycles. The van der Waals surface area contributed by atoms with Crippen LogP contribution in [-0.2, 0) is 9.59 Å². The fraction of sp³-hybridized carbons (Fsp3) is 0.222. The number of halogens is 9. The maximum absolute atomic E-state index is 12.5. The van der Waals surface area contributed by atoms with Gasteiger partial charge in [-0.15, -0.1) is 0 Å². The molecule has 33 heavy (non-hydrogen) atoms. The molecule has 0 amide bonds. The molecule has 0 aliphatic rings.